The number of aryl methyl sites for hydroxylation is 1. The molecule has 0 radical (unpaired) electrons. The van der Waals surface area contributed by atoms with E-state index in [0.29, 0.717) is 12.1 Å². The van der Waals surface area contributed by atoms with Crippen molar-refractivity contribution in [2.75, 3.05) is 7.05 Å². The van der Waals surface area contributed by atoms with Gasteiger partial charge in [-0.05, 0) is 41.1 Å². The second kappa shape index (κ2) is 6.54. The maximum atomic E-state index is 12.4. The Morgan fingerprint density at radius 2 is 2.15 bits per heavy atom. The quantitative estimate of drug-likeness (QED) is 0.784. The average Bonchev–Trinajstić information content (AvgIpc) is 2.78. The highest BCUT2D eigenvalue weighted by Crippen LogP contribution is 2.19. The van der Waals surface area contributed by atoms with Crippen LogP contribution in [0.2, 0.25) is 0 Å². The third kappa shape index (κ3) is 3.30. The molecule has 0 aliphatic rings. The molecule has 0 aliphatic heterocycles. The molecule has 1 amide bonds. The number of halogens is 2. The first kappa shape index (κ1) is 15.3. The number of hydrogen-bond donors (Lipinski definition) is 0. The number of hydrogen-bond acceptors (Lipinski definition) is 2. The highest BCUT2D eigenvalue weighted by Gasteiger charge is 2.16. The summed E-state index contributed by atoms with van der Waals surface area (Å²) in [7, 11) is 1.79. The van der Waals surface area contributed by atoms with E-state index in [1.165, 1.54) is 0 Å². The van der Waals surface area contributed by atoms with Crippen molar-refractivity contribution in [3.05, 3.63) is 50.7 Å². The molecule has 1 heterocycles. The van der Waals surface area contributed by atoms with Crippen molar-refractivity contribution in [2.24, 2.45) is 0 Å². The SMILES string of the molecule is CCn1ncc(Br)c1CN(C)C(=O)c1cccc(Br)c1. The second-order valence-corrected chi connectivity index (χ2v) is 6.20. The predicted molar refractivity (Wildman–Crippen MR) is 85.5 cm³/mol. The Hall–Kier alpha value is -1.14. The summed E-state index contributed by atoms with van der Waals surface area (Å²) in [5.41, 5.74) is 1.67. The summed E-state index contributed by atoms with van der Waals surface area (Å²) in [5, 5.41) is 4.26. The van der Waals surface area contributed by atoms with Gasteiger partial charge in [0.05, 0.1) is 22.9 Å². The van der Waals surface area contributed by atoms with Gasteiger partial charge in [-0.3, -0.25) is 9.48 Å². The lowest BCUT2D eigenvalue weighted by Crippen LogP contribution is -2.27. The fraction of sp³-hybridized carbons (Fsp3) is 0.286. The van der Waals surface area contributed by atoms with Gasteiger partial charge < -0.3 is 4.90 Å². The molecule has 106 valence electrons. The van der Waals surface area contributed by atoms with Gasteiger partial charge in [0.25, 0.3) is 5.91 Å². The van der Waals surface area contributed by atoms with Gasteiger partial charge in [-0.1, -0.05) is 22.0 Å². The number of carbonyl (C=O) groups is 1. The zero-order valence-electron chi connectivity index (χ0n) is 11.3. The van der Waals surface area contributed by atoms with Crippen LogP contribution in [0.5, 0.6) is 0 Å². The van der Waals surface area contributed by atoms with Crippen LogP contribution < -0.4 is 0 Å². The van der Waals surface area contributed by atoms with Gasteiger partial charge >= 0.3 is 0 Å². The van der Waals surface area contributed by atoms with Gasteiger partial charge in [0.2, 0.25) is 0 Å². The first-order valence-electron chi connectivity index (χ1n) is 6.24. The molecule has 0 atom stereocenters. The fourth-order valence-electron chi connectivity index (χ4n) is 1.96. The van der Waals surface area contributed by atoms with E-state index in [0.717, 1.165) is 21.2 Å². The van der Waals surface area contributed by atoms with E-state index in [2.05, 4.69) is 37.0 Å². The molecule has 0 saturated heterocycles. The lowest BCUT2D eigenvalue weighted by molar-refractivity contribution is 0.0781. The molecule has 4 nitrogen and oxygen atoms in total. The van der Waals surface area contributed by atoms with Gasteiger partial charge in [0.15, 0.2) is 0 Å². The van der Waals surface area contributed by atoms with E-state index in [-0.39, 0.29) is 5.91 Å². The summed E-state index contributed by atoms with van der Waals surface area (Å²) >= 11 is 6.86. The summed E-state index contributed by atoms with van der Waals surface area (Å²) in [6, 6.07) is 7.40. The van der Waals surface area contributed by atoms with E-state index in [1.807, 2.05) is 35.9 Å². The van der Waals surface area contributed by atoms with Crippen LogP contribution in [-0.2, 0) is 13.1 Å². The van der Waals surface area contributed by atoms with E-state index in [9.17, 15) is 4.79 Å². The molecule has 0 spiro atoms. The monoisotopic (exact) mass is 399 g/mol. The fourth-order valence-corrected chi connectivity index (χ4v) is 2.78. The largest absolute Gasteiger partial charge is 0.336 e. The van der Waals surface area contributed by atoms with Crippen molar-refractivity contribution < 1.29 is 4.79 Å². The molecule has 1 aromatic heterocycles. The third-order valence-corrected chi connectivity index (χ3v) is 4.16. The van der Waals surface area contributed by atoms with Crippen molar-refractivity contribution in [3.8, 4) is 0 Å². The first-order chi connectivity index (χ1) is 9.52. The van der Waals surface area contributed by atoms with Gasteiger partial charge in [-0.15, -0.1) is 0 Å². The Kier molecular flexibility index (Phi) is 4.99. The van der Waals surface area contributed by atoms with Crippen molar-refractivity contribution in [1.29, 1.82) is 0 Å². The molecule has 0 saturated carbocycles. The molecule has 0 unspecified atom stereocenters. The predicted octanol–water partition coefficient (Wildman–Crippen LogP) is 3.70. The molecule has 2 aromatic rings. The molecule has 6 heteroatoms. The molecule has 20 heavy (non-hydrogen) atoms. The summed E-state index contributed by atoms with van der Waals surface area (Å²) in [5.74, 6) is -0.0120. The molecule has 0 bridgehead atoms. The van der Waals surface area contributed by atoms with Crippen LogP contribution in [0.25, 0.3) is 0 Å². The zero-order valence-corrected chi connectivity index (χ0v) is 14.5. The molecule has 0 N–H and O–H groups in total. The van der Waals surface area contributed by atoms with Gasteiger partial charge in [-0.25, -0.2) is 0 Å². The molecule has 0 fully saturated rings. The standard InChI is InChI=1S/C14H15Br2N3O/c1-3-19-13(12(16)8-17-19)9-18(2)14(20)10-5-4-6-11(15)7-10/h4-8H,3,9H2,1-2H3. The lowest BCUT2D eigenvalue weighted by atomic mass is 10.2. The number of nitrogens with zero attached hydrogens (tertiary/aromatic N) is 3. The summed E-state index contributed by atoms with van der Waals surface area (Å²) in [6.45, 7) is 3.32. The van der Waals surface area contributed by atoms with Gasteiger partial charge in [0, 0.05) is 23.6 Å². The van der Waals surface area contributed by atoms with Gasteiger partial charge in [0.1, 0.15) is 0 Å². The summed E-state index contributed by atoms with van der Waals surface area (Å²) in [4.78, 5) is 14.1. The highest BCUT2D eigenvalue weighted by molar-refractivity contribution is 9.10. The molecule has 2 rings (SSSR count). The van der Waals surface area contributed by atoms with E-state index < -0.39 is 0 Å². The molecular formula is C14H15Br2N3O. The normalized spacial score (nSPS) is 10.6. The van der Waals surface area contributed by atoms with Crippen LogP contribution in [0.15, 0.2) is 39.4 Å². The maximum Gasteiger partial charge on any atom is 0.253 e. The smallest absolute Gasteiger partial charge is 0.253 e. The van der Waals surface area contributed by atoms with Crippen LogP contribution in [0.3, 0.4) is 0 Å². The topological polar surface area (TPSA) is 38.1 Å². The summed E-state index contributed by atoms with van der Waals surface area (Å²) in [6.07, 6.45) is 1.76. The van der Waals surface area contributed by atoms with E-state index >= 15 is 0 Å². The number of aromatic nitrogens is 2. The van der Waals surface area contributed by atoms with Crippen molar-refractivity contribution in [1.82, 2.24) is 14.7 Å². The molecule has 0 aliphatic carbocycles. The first-order valence-corrected chi connectivity index (χ1v) is 7.82. The minimum atomic E-state index is -0.0120. The number of benzene rings is 1. The van der Waals surface area contributed by atoms with Crippen LogP contribution >= 0.6 is 31.9 Å². The van der Waals surface area contributed by atoms with Crippen molar-refractivity contribution in [2.45, 2.75) is 20.0 Å². The van der Waals surface area contributed by atoms with Crippen LogP contribution in [0.1, 0.15) is 23.0 Å². The van der Waals surface area contributed by atoms with Gasteiger partial charge in [-0.2, -0.15) is 5.10 Å². The third-order valence-electron chi connectivity index (χ3n) is 3.00. The van der Waals surface area contributed by atoms with Crippen LogP contribution in [0.4, 0.5) is 0 Å². The zero-order chi connectivity index (χ0) is 14.7. The number of rotatable bonds is 4. The Balaban J connectivity index is 2.17. The van der Waals surface area contributed by atoms with Crippen LogP contribution in [0, 0.1) is 0 Å². The average molecular weight is 401 g/mol. The van der Waals surface area contributed by atoms with E-state index in [1.54, 1.807) is 18.1 Å². The minimum Gasteiger partial charge on any atom is -0.336 e. The van der Waals surface area contributed by atoms with Crippen LogP contribution in [-0.4, -0.2) is 27.6 Å². The van der Waals surface area contributed by atoms with Crippen molar-refractivity contribution in [3.63, 3.8) is 0 Å². The second-order valence-electron chi connectivity index (χ2n) is 4.43. The summed E-state index contributed by atoms with van der Waals surface area (Å²) < 4.78 is 3.71. The van der Waals surface area contributed by atoms with Crippen molar-refractivity contribution >= 4 is 37.8 Å². The Labute approximate surface area is 135 Å². The Bertz CT molecular complexity index is 625. The maximum absolute atomic E-state index is 12.4. The highest BCUT2D eigenvalue weighted by atomic mass is 79.9. The minimum absolute atomic E-state index is 0.0120. The Morgan fingerprint density at radius 1 is 1.40 bits per heavy atom. The lowest BCUT2D eigenvalue weighted by Gasteiger charge is -2.18. The number of carbonyl (C=O) groups excluding carboxylic acids is 1. The Morgan fingerprint density at radius 3 is 2.80 bits per heavy atom. The number of amides is 1. The molecule has 1 aromatic carbocycles. The van der Waals surface area contributed by atoms with E-state index in [4.69, 9.17) is 0 Å². The molecular weight excluding hydrogens is 386 g/mol.